The lowest BCUT2D eigenvalue weighted by Crippen LogP contribution is -2.45. The van der Waals surface area contributed by atoms with E-state index in [1.54, 1.807) is 0 Å². The molecule has 0 aliphatic rings. The molecule has 4 nitrogen and oxygen atoms in total. The molecule has 17 heavy (non-hydrogen) atoms. The molecule has 0 rings (SSSR count). The highest BCUT2D eigenvalue weighted by Gasteiger charge is 2.24. The van der Waals surface area contributed by atoms with Gasteiger partial charge in [0, 0.05) is 6.04 Å². The van der Waals surface area contributed by atoms with E-state index in [9.17, 15) is 9.90 Å². The van der Waals surface area contributed by atoms with Gasteiger partial charge in [0.05, 0.1) is 13.2 Å². The van der Waals surface area contributed by atoms with Crippen molar-refractivity contribution in [2.45, 2.75) is 53.2 Å². The molecular formula is C13H27NO3. The second-order valence-electron chi connectivity index (χ2n) is 5.64. The van der Waals surface area contributed by atoms with Crippen molar-refractivity contribution >= 4 is 5.97 Å². The number of nitrogens with zero attached hydrogens (tertiary/aromatic N) is 1. The fraction of sp³-hybridized carbons (Fsp3) is 0.923. The second-order valence-corrected chi connectivity index (χ2v) is 5.64. The second kappa shape index (κ2) is 6.97. The Hall–Kier alpha value is -0.610. The summed E-state index contributed by atoms with van der Waals surface area (Å²) in [7, 11) is 0. The van der Waals surface area contributed by atoms with E-state index in [2.05, 4.69) is 0 Å². The van der Waals surface area contributed by atoms with E-state index in [1.807, 2.05) is 46.4 Å². The van der Waals surface area contributed by atoms with Gasteiger partial charge < -0.3 is 9.84 Å². The maximum absolute atomic E-state index is 11.7. The first-order chi connectivity index (χ1) is 7.71. The van der Waals surface area contributed by atoms with E-state index in [1.165, 1.54) is 0 Å². The van der Waals surface area contributed by atoms with Crippen molar-refractivity contribution in [1.29, 1.82) is 0 Å². The summed E-state index contributed by atoms with van der Waals surface area (Å²) >= 11 is 0. The van der Waals surface area contributed by atoms with E-state index < -0.39 is 5.60 Å². The molecule has 1 unspecified atom stereocenters. The number of likely N-dealkylation sites (N-methyl/N-ethyl adjacent to an activating group) is 1. The van der Waals surface area contributed by atoms with Crippen LogP contribution in [-0.4, -0.2) is 47.3 Å². The Morgan fingerprint density at radius 2 is 1.88 bits per heavy atom. The van der Waals surface area contributed by atoms with Gasteiger partial charge in [0.2, 0.25) is 0 Å². The SMILES string of the molecule is CCN(CC(=O)OC(C)(C)C)C(CO)C(C)C. The Labute approximate surface area is 105 Å². The number of carbonyl (C=O) groups is 1. The largest absolute Gasteiger partial charge is 0.459 e. The Morgan fingerprint density at radius 3 is 2.18 bits per heavy atom. The van der Waals surface area contributed by atoms with Gasteiger partial charge in [-0.25, -0.2) is 0 Å². The molecule has 1 atom stereocenters. The molecule has 0 spiro atoms. The number of hydrogen-bond donors (Lipinski definition) is 1. The van der Waals surface area contributed by atoms with Crippen LogP contribution in [0.2, 0.25) is 0 Å². The Morgan fingerprint density at radius 1 is 1.35 bits per heavy atom. The lowest BCUT2D eigenvalue weighted by Gasteiger charge is -2.32. The van der Waals surface area contributed by atoms with Gasteiger partial charge in [-0.15, -0.1) is 0 Å². The van der Waals surface area contributed by atoms with Crippen LogP contribution in [0.1, 0.15) is 41.5 Å². The van der Waals surface area contributed by atoms with E-state index >= 15 is 0 Å². The fourth-order valence-corrected chi connectivity index (χ4v) is 1.75. The van der Waals surface area contributed by atoms with Crippen molar-refractivity contribution in [2.75, 3.05) is 19.7 Å². The number of hydrogen-bond acceptors (Lipinski definition) is 4. The molecule has 0 heterocycles. The summed E-state index contributed by atoms with van der Waals surface area (Å²) in [5.41, 5.74) is -0.455. The first-order valence-electron chi connectivity index (χ1n) is 6.28. The van der Waals surface area contributed by atoms with Gasteiger partial charge in [-0.2, -0.15) is 0 Å². The minimum absolute atomic E-state index is 0.00696. The average Bonchev–Trinajstić information content (AvgIpc) is 2.13. The van der Waals surface area contributed by atoms with Crippen molar-refractivity contribution in [2.24, 2.45) is 5.92 Å². The summed E-state index contributed by atoms with van der Waals surface area (Å²) in [4.78, 5) is 13.7. The molecule has 4 heteroatoms. The molecule has 0 aromatic heterocycles. The van der Waals surface area contributed by atoms with Gasteiger partial charge in [-0.3, -0.25) is 9.69 Å². The van der Waals surface area contributed by atoms with Crippen LogP contribution in [0.4, 0.5) is 0 Å². The van der Waals surface area contributed by atoms with Crippen LogP contribution in [0.15, 0.2) is 0 Å². The lowest BCUT2D eigenvalue weighted by molar-refractivity contribution is -0.157. The van der Waals surface area contributed by atoms with Gasteiger partial charge in [-0.05, 0) is 33.2 Å². The van der Waals surface area contributed by atoms with Crippen molar-refractivity contribution in [3.63, 3.8) is 0 Å². The fourth-order valence-electron chi connectivity index (χ4n) is 1.75. The van der Waals surface area contributed by atoms with E-state index in [4.69, 9.17) is 4.74 Å². The Kier molecular flexibility index (Phi) is 6.72. The molecule has 0 radical (unpaired) electrons. The van der Waals surface area contributed by atoms with Crippen LogP contribution in [0.3, 0.4) is 0 Å². The smallest absolute Gasteiger partial charge is 0.320 e. The standard InChI is InChI=1S/C13H27NO3/c1-7-14(11(9-15)10(2)3)8-12(16)17-13(4,5)6/h10-11,15H,7-9H2,1-6H3. The highest BCUT2D eigenvalue weighted by molar-refractivity contribution is 5.72. The molecule has 0 saturated carbocycles. The molecule has 0 bridgehead atoms. The molecule has 102 valence electrons. The highest BCUT2D eigenvalue weighted by atomic mass is 16.6. The minimum atomic E-state index is -0.455. The summed E-state index contributed by atoms with van der Waals surface area (Å²) in [6, 6.07) is 0.00696. The van der Waals surface area contributed by atoms with Gasteiger partial charge in [-0.1, -0.05) is 20.8 Å². The molecule has 0 fully saturated rings. The number of aliphatic hydroxyl groups is 1. The van der Waals surface area contributed by atoms with Crippen molar-refractivity contribution in [1.82, 2.24) is 4.90 Å². The molecule has 1 N–H and O–H groups in total. The number of ether oxygens (including phenoxy) is 1. The van der Waals surface area contributed by atoms with Crippen LogP contribution in [0.5, 0.6) is 0 Å². The molecule has 0 aromatic carbocycles. The summed E-state index contributed by atoms with van der Waals surface area (Å²) in [6.07, 6.45) is 0. The zero-order chi connectivity index (χ0) is 13.6. The summed E-state index contributed by atoms with van der Waals surface area (Å²) < 4.78 is 5.28. The van der Waals surface area contributed by atoms with Gasteiger partial charge in [0.1, 0.15) is 5.60 Å². The van der Waals surface area contributed by atoms with E-state index in [-0.39, 0.29) is 25.2 Å². The maximum atomic E-state index is 11.7. The van der Waals surface area contributed by atoms with Crippen molar-refractivity contribution < 1.29 is 14.6 Å². The number of aliphatic hydroxyl groups excluding tert-OH is 1. The molecule has 0 amide bonds. The van der Waals surface area contributed by atoms with Crippen LogP contribution in [-0.2, 0) is 9.53 Å². The van der Waals surface area contributed by atoms with Gasteiger partial charge in [0.25, 0.3) is 0 Å². The first-order valence-corrected chi connectivity index (χ1v) is 6.28. The number of esters is 1. The van der Waals surface area contributed by atoms with E-state index in [0.717, 1.165) is 6.54 Å². The zero-order valence-corrected chi connectivity index (χ0v) is 12.0. The molecular weight excluding hydrogens is 218 g/mol. The topological polar surface area (TPSA) is 49.8 Å². The Balaban J connectivity index is 4.44. The molecule has 0 aliphatic carbocycles. The highest BCUT2D eigenvalue weighted by Crippen LogP contribution is 2.12. The van der Waals surface area contributed by atoms with Crippen LogP contribution < -0.4 is 0 Å². The number of carbonyl (C=O) groups excluding carboxylic acids is 1. The predicted octanol–water partition coefficient (Wildman–Crippen LogP) is 1.67. The van der Waals surface area contributed by atoms with Gasteiger partial charge >= 0.3 is 5.97 Å². The normalized spacial score (nSPS) is 14.2. The Bertz CT molecular complexity index is 233. The minimum Gasteiger partial charge on any atom is -0.459 e. The number of rotatable bonds is 6. The lowest BCUT2D eigenvalue weighted by atomic mass is 10.0. The van der Waals surface area contributed by atoms with Gasteiger partial charge in [0.15, 0.2) is 0 Å². The summed E-state index contributed by atoms with van der Waals surface area (Å²) in [5.74, 6) is 0.0702. The average molecular weight is 245 g/mol. The predicted molar refractivity (Wildman–Crippen MR) is 68.8 cm³/mol. The summed E-state index contributed by atoms with van der Waals surface area (Å²) in [5, 5.41) is 9.35. The van der Waals surface area contributed by atoms with Crippen LogP contribution in [0, 0.1) is 5.92 Å². The first kappa shape index (κ1) is 16.4. The molecule has 0 aliphatic heterocycles. The molecule has 0 saturated heterocycles. The maximum Gasteiger partial charge on any atom is 0.320 e. The quantitative estimate of drug-likeness (QED) is 0.723. The molecule has 0 aromatic rings. The zero-order valence-electron chi connectivity index (χ0n) is 12.0. The van der Waals surface area contributed by atoms with Crippen molar-refractivity contribution in [3.8, 4) is 0 Å². The third-order valence-corrected chi connectivity index (χ3v) is 2.58. The summed E-state index contributed by atoms with van der Waals surface area (Å²) in [6.45, 7) is 12.6. The third-order valence-electron chi connectivity index (χ3n) is 2.58. The monoisotopic (exact) mass is 245 g/mol. The third kappa shape index (κ3) is 6.64. The van der Waals surface area contributed by atoms with Crippen LogP contribution >= 0.6 is 0 Å². The van der Waals surface area contributed by atoms with E-state index in [0.29, 0.717) is 5.92 Å². The van der Waals surface area contributed by atoms with Crippen molar-refractivity contribution in [3.05, 3.63) is 0 Å². The van der Waals surface area contributed by atoms with Crippen LogP contribution in [0.25, 0.3) is 0 Å².